The van der Waals surface area contributed by atoms with Crippen LogP contribution in [0.5, 0.6) is 0 Å². The molecule has 2 rings (SSSR count). The Bertz CT molecular complexity index is 537. The Balaban J connectivity index is 2.20. The maximum Gasteiger partial charge on any atom is 0.0671 e. The van der Waals surface area contributed by atoms with Crippen molar-refractivity contribution in [2.24, 2.45) is 5.73 Å². The van der Waals surface area contributed by atoms with Crippen LogP contribution in [0.15, 0.2) is 48.7 Å². The highest BCUT2D eigenvalue weighted by atomic mass is 15.2. The maximum absolute atomic E-state index is 6.18. The molecule has 2 unspecified atom stereocenters. The Morgan fingerprint density at radius 2 is 1.85 bits per heavy atom. The highest BCUT2D eigenvalue weighted by Gasteiger charge is 2.22. The monoisotopic (exact) mass is 269 g/mol. The third-order valence-corrected chi connectivity index (χ3v) is 3.64. The lowest BCUT2D eigenvalue weighted by molar-refractivity contribution is 0.206. The molecule has 0 amide bonds. The van der Waals surface area contributed by atoms with Gasteiger partial charge in [0, 0.05) is 18.8 Å². The van der Waals surface area contributed by atoms with E-state index in [1.165, 1.54) is 11.1 Å². The molecule has 2 atom stereocenters. The van der Waals surface area contributed by atoms with Crippen LogP contribution >= 0.6 is 0 Å². The number of aromatic nitrogens is 1. The van der Waals surface area contributed by atoms with Crippen molar-refractivity contribution in [1.29, 1.82) is 0 Å². The van der Waals surface area contributed by atoms with Crippen LogP contribution in [0.3, 0.4) is 0 Å². The summed E-state index contributed by atoms with van der Waals surface area (Å²) in [6.07, 6.45) is 1.83. The molecule has 2 N–H and O–H groups in total. The number of likely N-dealkylation sites (N-methyl/N-ethyl adjacent to an activating group) is 1. The zero-order chi connectivity index (χ0) is 14.5. The predicted octanol–water partition coefficient (Wildman–Crippen LogP) is 2.91. The van der Waals surface area contributed by atoms with E-state index in [4.69, 9.17) is 5.73 Å². The Kier molecular flexibility index (Phi) is 4.88. The van der Waals surface area contributed by atoms with Crippen molar-refractivity contribution >= 4 is 0 Å². The van der Waals surface area contributed by atoms with E-state index in [0.29, 0.717) is 0 Å². The number of benzene rings is 1. The van der Waals surface area contributed by atoms with Crippen molar-refractivity contribution in [3.05, 3.63) is 65.5 Å². The number of nitrogens with two attached hydrogens (primary N) is 1. The van der Waals surface area contributed by atoms with E-state index in [0.717, 1.165) is 12.2 Å². The van der Waals surface area contributed by atoms with Gasteiger partial charge in [0.15, 0.2) is 0 Å². The SMILES string of the molecule is Cc1ccccc1CN(C)C(c1ccccn1)C(C)N. The van der Waals surface area contributed by atoms with Crippen LogP contribution in [0, 0.1) is 6.92 Å². The summed E-state index contributed by atoms with van der Waals surface area (Å²) < 4.78 is 0. The molecule has 0 fully saturated rings. The Hall–Kier alpha value is -1.71. The smallest absolute Gasteiger partial charge is 0.0671 e. The first-order valence-electron chi connectivity index (χ1n) is 7.01. The largest absolute Gasteiger partial charge is 0.326 e. The standard InChI is InChI=1S/C17H23N3/c1-13-8-4-5-9-15(13)12-20(3)17(14(2)18)16-10-6-7-11-19-16/h4-11,14,17H,12,18H2,1-3H3. The summed E-state index contributed by atoms with van der Waals surface area (Å²) >= 11 is 0. The molecule has 3 nitrogen and oxygen atoms in total. The summed E-state index contributed by atoms with van der Waals surface area (Å²) in [5.74, 6) is 0. The average Bonchev–Trinajstić information content (AvgIpc) is 2.42. The van der Waals surface area contributed by atoms with Crippen molar-refractivity contribution < 1.29 is 0 Å². The minimum Gasteiger partial charge on any atom is -0.326 e. The lowest BCUT2D eigenvalue weighted by Gasteiger charge is -2.31. The molecule has 0 aliphatic carbocycles. The summed E-state index contributed by atoms with van der Waals surface area (Å²) in [7, 11) is 2.11. The van der Waals surface area contributed by atoms with Gasteiger partial charge in [-0.05, 0) is 44.2 Å². The normalized spacial score (nSPS) is 14.2. The predicted molar refractivity (Wildman–Crippen MR) is 83.3 cm³/mol. The van der Waals surface area contributed by atoms with Crippen molar-refractivity contribution in [3.8, 4) is 0 Å². The molecule has 0 aliphatic rings. The average molecular weight is 269 g/mol. The van der Waals surface area contributed by atoms with E-state index in [2.05, 4.69) is 48.1 Å². The Morgan fingerprint density at radius 3 is 2.45 bits per heavy atom. The fourth-order valence-electron chi connectivity index (χ4n) is 2.60. The van der Waals surface area contributed by atoms with Gasteiger partial charge in [-0.2, -0.15) is 0 Å². The van der Waals surface area contributed by atoms with Gasteiger partial charge in [0.2, 0.25) is 0 Å². The summed E-state index contributed by atoms with van der Waals surface area (Å²) in [6.45, 7) is 5.05. The van der Waals surface area contributed by atoms with E-state index in [1.807, 2.05) is 31.3 Å². The number of rotatable bonds is 5. The molecule has 3 heteroatoms. The van der Waals surface area contributed by atoms with E-state index >= 15 is 0 Å². The van der Waals surface area contributed by atoms with Gasteiger partial charge in [-0.3, -0.25) is 9.88 Å². The van der Waals surface area contributed by atoms with Crippen LogP contribution in [0.2, 0.25) is 0 Å². The second-order valence-electron chi connectivity index (χ2n) is 5.40. The van der Waals surface area contributed by atoms with Crippen LogP contribution in [0.1, 0.15) is 29.8 Å². The van der Waals surface area contributed by atoms with Gasteiger partial charge in [0.1, 0.15) is 0 Å². The first-order chi connectivity index (χ1) is 9.59. The van der Waals surface area contributed by atoms with Crippen LogP contribution in [-0.4, -0.2) is 23.0 Å². The van der Waals surface area contributed by atoms with Crippen molar-refractivity contribution in [2.45, 2.75) is 32.5 Å². The molecule has 20 heavy (non-hydrogen) atoms. The zero-order valence-corrected chi connectivity index (χ0v) is 12.5. The van der Waals surface area contributed by atoms with E-state index in [1.54, 1.807) is 0 Å². The zero-order valence-electron chi connectivity index (χ0n) is 12.5. The number of nitrogens with zero attached hydrogens (tertiary/aromatic N) is 2. The second kappa shape index (κ2) is 6.64. The minimum atomic E-state index is 0.0268. The molecule has 0 radical (unpaired) electrons. The molecule has 1 aromatic carbocycles. The number of aryl methyl sites for hydroxylation is 1. The van der Waals surface area contributed by atoms with Crippen molar-refractivity contribution in [1.82, 2.24) is 9.88 Å². The molecule has 0 spiro atoms. The first-order valence-corrected chi connectivity index (χ1v) is 7.01. The summed E-state index contributed by atoms with van der Waals surface area (Å²) in [5.41, 5.74) is 9.85. The lowest BCUT2D eigenvalue weighted by atomic mass is 10.0. The van der Waals surface area contributed by atoms with Crippen molar-refractivity contribution in [3.63, 3.8) is 0 Å². The maximum atomic E-state index is 6.18. The quantitative estimate of drug-likeness (QED) is 0.907. The van der Waals surface area contributed by atoms with Crippen LogP contribution in [0.4, 0.5) is 0 Å². The van der Waals surface area contributed by atoms with E-state index in [9.17, 15) is 0 Å². The van der Waals surface area contributed by atoms with Crippen LogP contribution < -0.4 is 5.73 Å². The fraction of sp³-hybridized carbons (Fsp3) is 0.353. The highest BCUT2D eigenvalue weighted by Crippen LogP contribution is 2.23. The Labute approximate surface area is 121 Å². The minimum absolute atomic E-state index is 0.0268. The third kappa shape index (κ3) is 3.44. The van der Waals surface area contributed by atoms with Gasteiger partial charge in [-0.15, -0.1) is 0 Å². The van der Waals surface area contributed by atoms with Gasteiger partial charge in [0.05, 0.1) is 11.7 Å². The Morgan fingerprint density at radius 1 is 1.15 bits per heavy atom. The van der Waals surface area contributed by atoms with Crippen LogP contribution in [-0.2, 0) is 6.54 Å². The lowest BCUT2D eigenvalue weighted by Crippen LogP contribution is -2.37. The molecule has 0 saturated carbocycles. The molecule has 0 bridgehead atoms. The number of hydrogen-bond acceptors (Lipinski definition) is 3. The van der Waals surface area contributed by atoms with Gasteiger partial charge < -0.3 is 5.73 Å². The molecular formula is C17H23N3. The molecular weight excluding hydrogens is 246 g/mol. The number of pyridine rings is 1. The number of hydrogen-bond donors (Lipinski definition) is 1. The summed E-state index contributed by atoms with van der Waals surface area (Å²) in [6, 6.07) is 14.6. The first kappa shape index (κ1) is 14.7. The molecule has 0 saturated heterocycles. The molecule has 106 valence electrons. The van der Waals surface area contributed by atoms with Gasteiger partial charge >= 0.3 is 0 Å². The van der Waals surface area contributed by atoms with Gasteiger partial charge in [-0.1, -0.05) is 30.3 Å². The fourth-order valence-corrected chi connectivity index (χ4v) is 2.60. The molecule has 2 aromatic rings. The summed E-state index contributed by atoms with van der Waals surface area (Å²) in [5, 5.41) is 0. The molecule has 1 aromatic heterocycles. The van der Waals surface area contributed by atoms with E-state index < -0.39 is 0 Å². The van der Waals surface area contributed by atoms with Gasteiger partial charge in [-0.25, -0.2) is 0 Å². The van der Waals surface area contributed by atoms with Crippen LogP contribution in [0.25, 0.3) is 0 Å². The van der Waals surface area contributed by atoms with Crippen molar-refractivity contribution in [2.75, 3.05) is 7.05 Å². The van der Waals surface area contributed by atoms with E-state index in [-0.39, 0.29) is 12.1 Å². The third-order valence-electron chi connectivity index (χ3n) is 3.64. The van der Waals surface area contributed by atoms with Gasteiger partial charge in [0.25, 0.3) is 0 Å². The summed E-state index contributed by atoms with van der Waals surface area (Å²) in [4.78, 5) is 6.74. The topological polar surface area (TPSA) is 42.2 Å². The molecule has 0 aliphatic heterocycles. The second-order valence-corrected chi connectivity index (χ2v) is 5.40. The molecule has 1 heterocycles. The highest BCUT2D eigenvalue weighted by molar-refractivity contribution is 5.25.